The molecule has 0 spiro atoms. The van der Waals surface area contributed by atoms with Crippen molar-refractivity contribution in [3.8, 4) is 0 Å². The number of aliphatic hydroxyl groups excluding tert-OH is 1. The van der Waals surface area contributed by atoms with Crippen LogP contribution < -0.4 is 5.32 Å². The van der Waals surface area contributed by atoms with E-state index in [1.54, 1.807) is 11.6 Å². The summed E-state index contributed by atoms with van der Waals surface area (Å²) in [5, 5.41) is 17.1. The van der Waals surface area contributed by atoms with Gasteiger partial charge in [0.05, 0.1) is 11.8 Å². The maximum Gasteiger partial charge on any atom is 0.244 e. The van der Waals surface area contributed by atoms with Gasteiger partial charge in [-0.25, -0.2) is 0 Å². The summed E-state index contributed by atoms with van der Waals surface area (Å²) in [7, 11) is 0. The average Bonchev–Trinajstić information content (AvgIpc) is 2.89. The summed E-state index contributed by atoms with van der Waals surface area (Å²) in [5.41, 5.74) is 3.00. The van der Waals surface area contributed by atoms with E-state index in [1.807, 2.05) is 57.2 Å². The molecule has 1 heterocycles. The Hall–Kier alpha value is -2.14. The number of aromatic nitrogens is 2. The fraction of sp³-hybridized carbons (Fsp3) is 0.474. The highest BCUT2D eigenvalue weighted by molar-refractivity contribution is 5.79. The number of aryl methyl sites for hydroxylation is 2. The normalized spacial score (nSPS) is 14.9. The highest BCUT2D eigenvalue weighted by Crippen LogP contribution is 2.21. The number of aliphatic hydroxyl groups is 1. The molecule has 0 aliphatic rings. The van der Waals surface area contributed by atoms with Crippen LogP contribution in [0.2, 0.25) is 0 Å². The molecule has 1 amide bonds. The lowest BCUT2D eigenvalue weighted by atomic mass is 9.93. The summed E-state index contributed by atoms with van der Waals surface area (Å²) in [6, 6.07) is 11.6. The van der Waals surface area contributed by atoms with Gasteiger partial charge in [0.15, 0.2) is 0 Å². The smallest absolute Gasteiger partial charge is 0.244 e. The van der Waals surface area contributed by atoms with Gasteiger partial charge in [-0.2, -0.15) is 5.10 Å². The zero-order valence-electron chi connectivity index (χ0n) is 14.9. The van der Waals surface area contributed by atoms with Crippen LogP contribution in [0.1, 0.15) is 49.2 Å². The first-order valence-electron chi connectivity index (χ1n) is 8.42. The van der Waals surface area contributed by atoms with Crippen molar-refractivity contribution < 1.29 is 9.90 Å². The van der Waals surface area contributed by atoms with Gasteiger partial charge in [0.25, 0.3) is 0 Å². The van der Waals surface area contributed by atoms with Gasteiger partial charge in [-0.3, -0.25) is 9.48 Å². The van der Waals surface area contributed by atoms with Crippen molar-refractivity contribution in [3.05, 3.63) is 53.3 Å². The van der Waals surface area contributed by atoms with Crippen LogP contribution in [0.5, 0.6) is 0 Å². The summed E-state index contributed by atoms with van der Waals surface area (Å²) in [5.74, 6) is 0.0236. The zero-order chi connectivity index (χ0) is 17.7. The lowest BCUT2D eigenvalue weighted by Crippen LogP contribution is -2.35. The number of nitrogens with zero attached hydrogens (tertiary/aromatic N) is 2. The van der Waals surface area contributed by atoms with Crippen molar-refractivity contribution in [1.29, 1.82) is 0 Å². The van der Waals surface area contributed by atoms with E-state index in [2.05, 4.69) is 10.4 Å². The molecule has 5 heteroatoms. The maximum atomic E-state index is 12.5. The molecular formula is C19H27N3O2. The summed E-state index contributed by atoms with van der Waals surface area (Å²) >= 11 is 0. The largest absolute Gasteiger partial charge is 0.393 e. The quantitative estimate of drug-likeness (QED) is 0.821. The molecule has 1 aromatic heterocycles. The zero-order valence-corrected chi connectivity index (χ0v) is 14.9. The lowest BCUT2D eigenvalue weighted by Gasteiger charge is -2.21. The Kier molecular flexibility index (Phi) is 6.15. The van der Waals surface area contributed by atoms with Crippen LogP contribution >= 0.6 is 0 Å². The van der Waals surface area contributed by atoms with Crippen molar-refractivity contribution in [3.63, 3.8) is 0 Å². The second-order valence-corrected chi connectivity index (χ2v) is 6.49. The van der Waals surface area contributed by atoms with Crippen LogP contribution in [0.3, 0.4) is 0 Å². The summed E-state index contributed by atoms with van der Waals surface area (Å²) < 4.78 is 1.75. The minimum absolute atomic E-state index is 0.0623. The SMILES string of the molecule is Cc1cc(C)n([C@H](C)C(=O)NC[C@@H](C[C@H](C)O)c2ccccc2)n1. The second kappa shape index (κ2) is 8.11. The third kappa shape index (κ3) is 4.68. The molecule has 3 atom stereocenters. The minimum Gasteiger partial charge on any atom is -0.393 e. The summed E-state index contributed by atoms with van der Waals surface area (Å²) in [6.07, 6.45) is 0.194. The van der Waals surface area contributed by atoms with Crippen molar-refractivity contribution in [2.75, 3.05) is 6.54 Å². The first-order valence-corrected chi connectivity index (χ1v) is 8.42. The van der Waals surface area contributed by atoms with Crippen molar-refractivity contribution >= 4 is 5.91 Å². The monoisotopic (exact) mass is 329 g/mol. The number of rotatable bonds is 7. The van der Waals surface area contributed by atoms with Crippen LogP contribution in [0.25, 0.3) is 0 Å². The molecule has 130 valence electrons. The van der Waals surface area contributed by atoms with E-state index in [0.717, 1.165) is 17.0 Å². The fourth-order valence-electron chi connectivity index (χ4n) is 2.99. The molecule has 0 aliphatic heterocycles. The van der Waals surface area contributed by atoms with E-state index in [4.69, 9.17) is 0 Å². The van der Waals surface area contributed by atoms with E-state index in [9.17, 15) is 9.90 Å². The molecule has 0 unspecified atom stereocenters. The Balaban J connectivity index is 2.03. The Bertz CT molecular complexity index is 665. The van der Waals surface area contributed by atoms with Crippen LogP contribution in [-0.4, -0.2) is 33.4 Å². The Morgan fingerprint density at radius 2 is 1.92 bits per heavy atom. The Labute approximate surface area is 143 Å². The third-order valence-electron chi connectivity index (χ3n) is 4.21. The number of carbonyl (C=O) groups excluding carboxylic acids is 1. The van der Waals surface area contributed by atoms with Gasteiger partial charge in [-0.15, -0.1) is 0 Å². The van der Waals surface area contributed by atoms with Gasteiger partial charge in [0.1, 0.15) is 6.04 Å². The number of hydrogen-bond acceptors (Lipinski definition) is 3. The third-order valence-corrected chi connectivity index (χ3v) is 4.21. The van der Waals surface area contributed by atoms with Crippen molar-refractivity contribution in [2.24, 2.45) is 0 Å². The second-order valence-electron chi connectivity index (χ2n) is 6.49. The van der Waals surface area contributed by atoms with E-state index in [1.165, 1.54) is 0 Å². The topological polar surface area (TPSA) is 67.2 Å². The highest BCUT2D eigenvalue weighted by atomic mass is 16.3. The van der Waals surface area contributed by atoms with Crippen LogP contribution in [0, 0.1) is 13.8 Å². The molecule has 0 fully saturated rings. The molecule has 24 heavy (non-hydrogen) atoms. The molecular weight excluding hydrogens is 302 g/mol. The van der Waals surface area contributed by atoms with E-state index in [0.29, 0.717) is 13.0 Å². The van der Waals surface area contributed by atoms with Gasteiger partial charge in [-0.1, -0.05) is 30.3 Å². The van der Waals surface area contributed by atoms with E-state index < -0.39 is 6.10 Å². The number of hydrogen-bond donors (Lipinski definition) is 2. The molecule has 2 N–H and O–H groups in total. The van der Waals surface area contributed by atoms with E-state index in [-0.39, 0.29) is 17.9 Å². The predicted molar refractivity (Wildman–Crippen MR) is 94.9 cm³/mol. The maximum absolute atomic E-state index is 12.5. The fourth-order valence-corrected chi connectivity index (χ4v) is 2.99. The predicted octanol–water partition coefficient (Wildman–Crippen LogP) is 2.73. The van der Waals surface area contributed by atoms with Gasteiger partial charge in [-0.05, 0) is 45.7 Å². The van der Waals surface area contributed by atoms with E-state index >= 15 is 0 Å². The molecule has 5 nitrogen and oxygen atoms in total. The highest BCUT2D eigenvalue weighted by Gasteiger charge is 2.20. The van der Waals surface area contributed by atoms with Gasteiger partial charge in [0.2, 0.25) is 5.91 Å². The number of carbonyl (C=O) groups is 1. The molecule has 0 aliphatic carbocycles. The van der Waals surface area contributed by atoms with Crippen molar-refractivity contribution in [2.45, 2.75) is 52.2 Å². The number of amides is 1. The standard InChI is InChI=1S/C19H27N3O2/c1-13-10-14(2)22(21-13)16(4)19(24)20-12-18(11-15(3)23)17-8-6-5-7-9-17/h5-10,15-16,18,23H,11-12H2,1-4H3,(H,20,24)/t15-,16+,18+/m0/s1. The number of nitrogens with one attached hydrogen (secondary N) is 1. The molecule has 0 saturated heterocycles. The summed E-state index contributed by atoms with van der Waals surface area (Å²) in [6.45, 7) is 7.99. The van der Waals surface area contributed by atoms with Crippen LogP contribution in [-0.2, 0) is 4.79 Å². The first kappa shape index (κ1) is 18.2. The van der Waals surface area contributed by atoms with Gasteiger partial charge in [0, 0.05) is 18.2 Å². The molecule has 0 bridgehead atoms. The molecule has 0 radical (unpaired) electrons. The molecule has 2 rings (SSSR count). The molecule has 2 aromatic rings. The van der Waals surface area contributed by atoms with Crippen LogP contribution in [0.4, 0.5) is 0 Å². The first-order chi connectivity index (χ1) is 11.4. The summed E-state index contributed by atoms with van der Waals surface area (Å²) in [4.78, 5) is 12.5. The average molecular weight is 329 g/mol. The Morgan fingerprint density at radius 1 is 1.25 bits per heavy atom. The van der Waals surface area contributed by atoms with Gasteiger partial charge >= 0.3 is 0 Å². The number of benzene rings is 1. The Morgan fingerprint density at radius 3 is 2.46 bits per heavy atom. The molecule has 1 aromatic carbocycles. The lowest BCUT2D eigenvalue weighted by molar-refractivity contribution is -0.124. The molecule has 0 saturated carbocycles. The minimum atomic E-state index is -0.416. The van der Waals surface area contributed by atoms with Gasteiger partial charge < -0.3 is 10.4 Å². The van der Waals surface area contributed by atoms with Crippen molar-refractivity contribution in [1.82, 2.24) is 15.1 Å². The van der Waals surface area contributed by atoms with Crippen LogP contribution in [0.15, 0.2) is 36.4 Å².